The first-order valence-electron chi connectivity index (χ1n) is 4.87. The van der Waals surface area contributed by atoms with Crippen LogP contribution in [0.25, 0.3) is 0 Å². The fraction of sp³-hybridized carbons (Fsp3) is 0.364. The third-order valence-corrected chi connectivity index (χ3v) is 2.68. The van der Waals surface area contributed by atoms with E-state index < -0.39 is 17.6 Å². The van der Waals surface area contributed by atoms with Gasteiger partial charge in [-0.15, -0.1) is 0 Å². The number of aliphatic hydroxyl groups excluding tert-OH is 1. The lowest BCUT2D eigenvalue weighted by Crippen LogP contribution is -2.57. The lowest BCUT2D eigenvalue weighted by atomic mass is 9.90. The van der Waals surface area contributed by atoms with Gasteiger partial charge in [-0.2, -0.15) is 0 Å². The van der Waals surface area contributed by atoms with E-state index >= 15 is 0 Å². The van der Waals surface area contributed by atoms with E-state index in [2.05, 4.69) is 5.43 Å². The minimum Gasteiger partial charge on any atom is -0.480 e. The quantitative estimate of drug-likeness (QED) is 0.437. The molecule has 16 heavy (non-hydrogen) atoms. The fourth-order valence-corrected chi connectivity index (χ4v) is 1.34. The molecule has 0 fully saturated rings. The maximum Gasteiger partial charge on any atom is 0.328 e. The molecule has 0 aliphatic carbocycles. The zero-order valence-electron chi connectivity index (χ0n) is 9.27. The predicted molar refractivity (Wildman–Crippen MR) is 59.5 cm³/mol. The van der Waals surface area contributed by atoms with Gasteiger partial charge in [0.25, 0.3) is 0 Å². The maximum absolute atomic E-state index is 11.0. The maximum atomic E-state index is 11.0. The monoisotopic (exact) mass is 224 g/mol. The summed E-state index contributed by atoms with van der Waals surface area (Å²) in [5.41, 5.74) is 2.08. The number of aryl methyl sites for hydroxylation is 1. The van der Waals surface area contributed by atoms with Gasteiger partial charge in [-0.05, 0) is 19.4 Å². The zero-order chi connectivity index (χ0) is 12.3. The summed E-state index contributed by atoms with van der Waals surface area (Å²) in [5, 5.41) is 19.0. The van der Waals surface area contributed by atoms with Gasteiger partial charge >= 0.3 is 5.97 Å². The highest BCUT2D eigenvalue weighted by atomic mass is 16.4. The average molecular weight is 224 g/mol. The standard InChI is InChI=1S/C11H16N2O3/c1-7-3-5-8(6-4-7)9(14)11(2,13-12)10(15)16/h3-6,9,13-14H,12H2,1-2H3,(H,15,16). The molecule has 2 atom stereocenters. The van der Waals surface area contributed by atoms with Gasteiger partial charge in [0.15, 0.2) is 5.54 Å². The molecule has 2 unspecified atom stereocenters. The third kappa shape index (κ3) is 2.21. The number of aliphatic carboxylic acids is 1. The molecule has 0 radical (unpaired) electrons. The molecule has 5 nitrogen and oxygen atoms in total. The van der Waals surface area contributed by atoms with E-state index in [9.17, 15) is 9.90 Å². The SMILES string of the molecule is Cc1ccc(C(O)C(C)(NN)C(=O)O)cc1. The van der Waals surface area contributed by atoms with Crippen LogP contribution in [0, 0.1) is 6.92 Å². The third-order valence-electron chi connectivity index (χ3n) is 2.68. The molecule has 0 heterocycles. The summed E-state index contributed by atoms with van der Waals surface area (Å²) in [5.74, 6) is 3.98. The number of hydrogen-bond acceptors (Lipinski definition) is 4. The van der Waals surface area contributed by atoms with Crippen LogP contribution in [0.2, 0.25) is 0 Å². The number of carbonyl (C=O) groups is 1. The number of nitrogens with one attached hydrogen (secondary N) is 1. The number of carboxylic acid groups (broad SMARTS) is 1. The first kappa shape index (κ1) is 12.6. The second-order valence-corrected chi connectivity index (χ2v) is 3.97. The molecule has 1 rings (SSSR count). The molecule has 88 valence electrons. The highest BCUT2D eigenvalue weighted by Crippen LogP contribution is 2.25. The van der Waals surface area contributed by atoms with Crippen molar-refractivity contribution < 1.29 is 15.0 Å². The van der Waals surface area contributed by atoms with Crippen LogP contribution in [0.5, 0.6) is 0 Å². The molecular formula is C11H16N2O3. The topological polar surface area (TPSA) is 95.6 Å². The van der Waals surface area contributed by atoms with Crippen molar-refractivity contribution in [2.75, 3.05) is 0 Å². The van der Waals surface area contributed by atoms with E-state index in [4.69, 9.17) is 10.9 Å². The Kier molecular flexibility index (Phi) is 3.64. The highest BCUT2D eigenvalue weighted by Gasteiger charge is 2.40. The molecule has 0 aromatic heterocycles. The van der Waals surface area contributed by atoms with Crippen LogP contribution in [0.4, 0.5) is 0 Å². The van der Waals surface area contributed by atoms with Gasteiger partial charge in [0.2, 0.25) is 0 Å². The van der Waals surface area contributed by atoms with Gasteiger partial charge in [0.1, 0.15) is 6.10 Å². The normalized spacial score (nSPS) is 16.5. The summed E-state index contributed by atoms with van der Waals surface area (Å²) in [6.07, 6.45) is -1.21. The van der Waals surface area contributed by atoms with Gasteiger partial charge in [-0.1, -0.05) is 29.8 Å². The number of rotatable bonds is 4. The van der Waals surface area contributed by atoms with Crippen LogP contribution in [0.15, 0.2) is 24.3 Å². The summed E-state index contributed by atoms with van der Waals surface area (Å²) in [6.45, 7) is 3.24. The molecule has 0 spiro atoms. The smallest absolute Gasteiger partial charge is 0.328 e. The average Bonchev–Trinajstić information content (AvgIpc) is 2.27. The number of hydrogen-bond donors (Lipinski definition) is 4. The Morgan fingerprint density at radius 3 is 2.31 bits per heavy atom. The van der Waals surface area contributed by atoms with Crippen LogP contribution in [-0.4, -0.2) is 21.7 Å². The Bertz CT molecular complexity index is 377. The van der Waals surface area contributed by atoms with Crippen LogP contribution in [0.3, 0.4) is 0 Å². The number of nitrogens with two attached hydrogens (primary N) is 1. The second-order valence-electron chi connectivity index (χ2n) is 3.97. The summed E-state index contributed by atoms with van der Waals surface area (Å²) < 4.78 is 0. The molecule has 0 saturated carbocycles. The van der Waals surface area contributed by atoms with Crippen molar-refractivity contribution in [2.45, 2.75) is 25.5 Å². The van der Waals surface area contributed by atoms with Crippen LogP contribution in [0.1, 0.15) is 24.2 Å². The van der Waals surface area contributed by atoms with Crippen molar-refractivity contribution in [3.05, 3.63) is 35.4 Å². The Balaban J connectivity index is 3.04. The molecule has 1 aromatic carbocycles. The molecular weight excluding hydrogens is 208 g/mol. The Hall–Kier alpha value is -1.43. The number of aliphatic hydroxyl groups is 1. The minimum atomic E-state index is -1.60. The van der Waals surface area contributed by atoms with Crippen molar-refractivity contribution in [2.24, 2.45) is 5.84 Å². The number of benzene rings is 1. The van der Waals surface area contributed by atoms with E-state index in [1.165, 1.54) is 6.92 Å². The van der Waals surface area contributed by atoms with Crippen LogP contribution >= 0.6 is 0 Å². The Morgan fingerprint density at radius 1 is 1.44 bits per heavy atom. The molecule has 0 bridgehead atoms. The molecule has 5 N–H and O–H groups in total. The van der Waals surface area contributed by atoms with Gasteiger partial charge in [0, 0.05) is 0 Å². The van der Waals surface area contributed by atoms with Crippen molar-refractivity contribution in [1.82, 2.24) is 5.43 Å². The number of hydrazine groups is 1. The molecule has 0 saturated heterocycles. The first-order chi connectivity index (χ1) is 7.41. The predicted octanol–water partition coefficient (Wildman–Crippen LogP) is 0.335. The summed E-state index contributed by atoms with van der Waals surface area (Å²) >= 11 is 0. The summed E-state index contributed by atoms with van der Waals surface area (Å²) in [6, 6.07) is 6.96. The second kappa shape index (κ2) is 4.61. The van der Waals surface area contributed by atoms with Crippen LogP contribution < -0.4 is 11.3 Å². The summed E-state index contributed by atoms with van der Waals surface area (Å²) in [7, 11) is 0. The van der Waals surface area contributed by atoms with Crippen molar-refractivity contribution in [1.29, 1.82) is 0 Å². The lowest BCUT2D eigenvalue weighted by Gasteiger charge is -2.29. The van der Waals surface area contributed by atoms with Gasteiger partial charge in [-0.3, -0.25) is 10.6 Å². The molecule has 0 aliphatic heterocycles. The minimum absolute atomic E-state index is 0.508. The largest absolute Gasteiger partial charge is 0.480 e. The lowest BCUT2D eigenvalue weighted by molar-refractivity contribution is -0.149. The zero-order valence-corrected chi connectivity index (χ0v) is 9.27. The molecule has 5 heteroatoms. The van der Waals surface area contributed by atoms with E-state index in [0.29, 0.717) is 5.56 Å². The Morgan fingerprint density at radius 2 is 1.94 bits per heavy atom. The fourth-order valence-electron chi connectivity index (χ4n) is 1.34. The van der Waals surface area contributed by atoms with E-state index in [1.54, 1.807) is 24.3 Å². The van der Waals surface area contributed by atoms with E-state index in [0.717, 1.165) is 5.56 Å². The van der Waals surface area contributed by atoms with Crippen LogP contribution in [-0.2, 0) is 4.79 Å². The van der Waals surface area contributed by atoms with Gasteiger partial charge < -0.3 is 10.2 Å². The molecule has 0 amide bonds. The summed E-state index contributed by atoms with van der Waals surface area (Å²) in [4.78, 5) is 11.0. The Labute approximate surface area is 93.9 Å². The number of carboxylic acids is 1. The van der Waals surface area contributed by atoms with Gasteiger partial charge in [0.05, 0.1) is 0 Å². The molecule has 1 aromatic rings. The van der Waals surface area contributed by atoms with Crippen molar-refractivity contribution in [3.63, 3.8) is 0 Å². The van der Waals surface area contributed by atoms with E-state index in [-0.39, 0.29) is 0 Å². The van der Waals surface area contributed by atoms with Crippen molar-refractivity contribution in [3.8, 4) is 0 Å². The van der Waals surface area contributed by atoms with Gasteiger partial charge in [-0.25, -0.2) is 5.43 Å². The highest BCUT2D eigenvalue weighted by molar-refractivity contribution is 5.79. The molecule has 0 aliphatic rings. The first-order valence-corrected chi connectivity index (χ1v) is 4.87. The van der Waals surface area contributed by atoms with Crippen molar-refractivity contribution >= 4 is 5.97 Å². The van der Waals surface area contributed by atoms with E-state index in [1.807, 2.05) is 6.92 Å².